The third kappa shape index (κ3) is 6.99. The molecule has 0 radical (unpaired) electrons. The van der Waals surface area contributed by atoms with Crippen LogP contribution < -0.4 is 15.5 Å². The maximum Gasteiger partial charge on any atom is 0.319 e. The predicted octanol–water partition coefficient (Wildman–Crippen LogP) is 7.54. The van der Waals surface area contributed by atoms with Crippen LogP contribution in [0.25, 0.3) is 0 Å². The van der Waals surface area contributed by atoms with E-state index >= 15 is 0 Å². The number of hydrogen-bond donors (Lipinski definition) is 4. The number of carbonyl (C=O) groups is 1. The zero-order chi connectivity index (χ0) is 25.1. The van der Waals surface area contributed by atoms with E-state index in [2.05, 4.69) is 10.6 Å². The van der Waals surface area contributed by atoms with E-state index in [4.69, 9.17) is 5.41 Å². The van der Waals surface area contributed by atoms with Crippen molar-refractivity contribution in [2.24, 2.45) is 0 Å². The molecule has 8 heteroatoms. The van der Waals surface area contributed by atoms with Gasteiger partial charge in [0, 0.05) is 29.0 Å². The molecule has 2 amide bonds. The summed E-state index contributed by atoms with van der Waals surface area (Å²) in [7, 11) is 0. The Balaban J connectivity index is 0.00000432. The minimum atomic E-state index is -0.311. The average molecular weight is 515 g/mol. The lowest BCUT2D eigenvalue weighted by molar-refractivity contribution is 0.251. The smallest absolute Gasteiger partial charge is 0.319 e. The maximum absolute atomic E-state index is 12.6. The number of phenols is 1. The number of nitrogens with one attached hydrogen (secondary N) is 3. The third-order valence-electron chi connectivity index (χ3n) is 5.52. The van der Waals surface area contributed by atoms with Crippen LogP contribution in [-0.4, -0.2) is 17.5 Å². The van der Waals surface area contributed by atoms with Crippen molar-refractivity contribution in [2.45, 2.75) is 58.9 Å². The standard InChI is InChI=1S/C27H34N4O2S.ClH/c1-26(2,3)21-14-19(15-22(24(21)32)27(4,5)6)30-25(33)29-16-18-9-11-20(12-10-18)31(17-28)23-8-7-13-34-23;/h7-15,17,28,32H,16H2,1-6H3,(H2,29,30,33);1H. The Bertz CT molecular complexity index is 1110. The second-order valence-corrected chi connectivity index (χ2v) is 11.3. The van der Waals surface area contributed by atoms with Crippen molar-refractivity contribution in [3.63, 3.8) is 0 Å². The van der Waals surface area contributed by atoms with E-state index in [0.29, 0.717) is 12.2 Å². The van der Waals surface area contributed by atoms with Crippen LogP contribution >= 0.6 is 23.7 Å². The molecule has 0 spiro atoms. The monoisotopic (exact) mass is 514 g/mol. The number of benzene rings is 2. The lowest BCUT2D eigenvalue weighted by Gasteiger charge is -2.28. The van der Waals surface area contributed by atoms with E-state index in [1.165, 1.54) is 6.34 Å². The molecule has 4 N–H and O–H groups in total. The van der Waals surface area contributed by atoms with Gasteiger partial charge in [-0.25, -0.2) is 4.79 Å². The summed E-state index contributed by atoms with van der Waals surface area (Å²) in [5.41, 5.74) is 3.55. The molecular weight excluding hydrogens is 480 g/mol. The number of carbonyl (C=O) groups excluding carboxylic acids is 1. The SMILES string of the molecule is CC(C)(C)c1cc(NC(=O)NCc2ccc(N(C=N)c3cccs3)cc2)cc(C(C)(C)C)c1O.Cl. The number of anilines is 3. The highest BCUT2D eigenvalue weighted by atomic mass is 35.5. The maximum atomic E-state index is 12.6. The molecule has 0 atom stereocenters. The van der Waals surface area contributed by atoms with Crippen molar-refractivity contribution >= 4 is 52.5 Å². The quantitative estimate of drug-likeness (QED) is 0.156. The van der Waals surface area contributed by atoms with E-state index in [1.54, 1.807) is 16.2 Å². The van der Waals surface area contributed by atoms with Gasteiger partial charge in [-0.05, 0) is 58.2 Å². The first kappa shape index (κ1) is 28.2. The molecule has 0 unspecified atom stereocenters. The number of halogens is 1. The summed E-state index contributed by atoms with van der Waals surface area (Å²) in [6.45, 7) is 12.6. The number of hydrogen-bond acceptors (Lipinski definition) is 4. The van der Waals surface area contributed by atoms with Crippen molar-refractivity contribution in [3.05, 3.63) is 70.6 Å². The van der Waals surface area contributed by atoms with Gasteiger partial charge in [-0.3, -0.25) is 10.3 Å². The van der Waals surface area contributed by atoms with Gasteiger partial charge in [0.2, 0.25) is 0 Å². The molecule has 0 bridgehead atoms. The summed E-state index contributed by atoms with van der Waals surface area (Å²) in [6.07, 6.45) is 1.29. The van der Waals surface area contributed by atoms with Crippen molar-refractivity contribution < 1.29 is 9.90 Å². The number of thiophene rings is 1. The van der Waals surface area contributed by atoms with Crippen molar-refractivity contribution in [1.82, 2.24) is 5.32 Å². The number of rotatable bonds is 6. The van der Waals surface area contributed by atoms with E-state index in [1.807, 2.05) is 95.5 Å². The molecule has 2 aromatic carbocycles. The van der Waals surface area contributed by atoms with Crippen LogP contribution in [0.2, 0.25) is 0 Å². The van der Waals surface area contributed by atoms with Crippen LogP contribution in [0.5, 0.6) is 5.75 Å². The van der Waals surface area contributed by atoms with Crippen LogP contribution in [0, 0.1) is 5.41 Å². The summed E-state index contributed by atoms with van der Waals surface area (Å²) in [4.78, 5) is 14.5. The van der Waals surface area contributed by atoms with Crippen molar-refractivity contribution in [1.29, 1.82) is 5.41 Å². The second-order valence-electron chi connectivity index (χ2n) is 10.3. The van der Waals surface area contributed by atoms with Gasteiger partial charge in [0.15, 0.2) is 0 Å². The molecule has 6 nitrogen and oxygen atoms in total. The number of aromatic hydroxyl groups is 1. The molecule has 188 valence electrons. The Morgan fingerprint density at radius 3 is 2.06 bits per heavy atom. The van der Waals surface area contributed by atoms with E-state index < -0.39 is 0 Å². The Morgan fingerprint density at radius 2 is 1.60 bits per heavy atom. The molecular formula is C27H35ClN4O2S. The van der Waals surface area contributed by atoms with Gasteiger partial charge in [-0.2, -0.15) is 0 Å². The van der Waals surface area contributed by atoms with E-state index in [9.17, 15) is 9.90 Å². The molecule has 1 aromatic heterocycles. The first-order valence-corrected chi connectivity index (χ1v) is 12.1. The van der Waals surface area contributed by atoms with Crippen LogP contribution in [0.4, 0.5) is 21.2 Å². The van der Waals surface area contributed by atoms with Crippen LogP contribution in [0.3, 0.4) is 0 Å². The lowest BCUT2D eigenvalue weighted by atomic mass is 9.79. The highest BCUT2D eigenvalue weighted by molar-refractivity contribution is 7.14. The Morgan fingerprint density at radius 1 is 1.03 bits per heavy atom. The first-order valence-electron chi connectivity index (χ1n) is 11.3. The van der Waals surface area contributed by atoms with Crippen LogP contribution in [0.15, 0.2) is 53.9 Å². The summed E-state index contributed by atoms with van der Waals surface area (Å²) < 4.78 is 0. The zero-order valence-corrected chi connectivity index (χ0v) is 22.7. The zero-order valence-electron chi connectivity index (χ0n) is 21.1. The molecule has 1 heterocycles. The lowest BCUT2D eigenvalue weighted by Crippen LogP contribution is -2.28. The third-order valence-corrected chi connectivity index (χ3v) is 6.39. The number of amides is 2. The molecule has 0 saturated heterocycles. The molecule has 35 heavy (non-hydrogen) atoms. The van der Waals surface area contributed by atoms with Crippen molar-refractivity contribution in [3.8, 4) is 5.75 Å². The normalized spacial score (nSPS) is 11.4. The van der Waals surface area contributed by atoms with Gasteiger partial charge in [0.1, 0.15) is 10.8 Å². The topological polar surface area (TPSA) is 88.5 Å². The molecule has 3 aromatic rings. The summed E-state index contributed by atoms with van der Waals surface area (Å²) in [5.74, 6) is 0.285. The second kappa shape index (κ2) is 11.1. The summed E-state index contributed by atoms with van der Waals surface area (Å²) in [6, 6.07) is 15.0. The molecule has 0 aliphatic rings. The largest absolute Gasteiger partial charge is 0.507 e. The average Bonchev–Trinajstić information content (AvgIpc) is 3.27. The van der Waals surface area contributed by atoms with Gasteiger partial charge in [0.25, 0.3) is 0 Å². The molecule has 3 rings (SSSR count). The van der Waals surface area contributed by atoms with Crippen molar-refractivity contribution in [2.75, 3.05) is 10.2 Å². The Kier molecular flexibility index (Phi) is 8.98. The molecule has 0 saturated carbocycles. The van der Waals surface area contributed by atoms with Gasteiger partial charge >= 0.3 is 6.03 Å². The minimum absolute atomic E-state index is 0. The number of phenolic OH excluding ortho intramolecular Hbond substituents is 1. The molecule has 0 aliphatic heterocycles. The van der Waals surface area contributed by atoms with Gasteiger partial charge in [-0.1, -0.05) is 53.7 Å². The van der Waals surface area contributed by atoms with Crippen LogP contribution in [0.1, 0.15) is 58.2 Å². The Labute approximate surface area is 218 Å². The molecule has 0 aliphatic carbocycles. The fraction of sp³-hybridized carbons (Fsp3) is 0.333. The van der Waals surface area contributed by atoms with Crippen LogP contribution in [-0.2, 0) is 17.4 Å². The number of nitrogens with zero attached hydrogens (tertiary/aromatic N) is 1. The summed E-state index contributed by atoms with van der Waals surface area (Å²) >= 11 is 1.57. The van der Waals surface area contributed by atoms with E-state index in [-0.39, 0.29) is 35.0 Å². The highest BCUT2D eigenvalue weighted by Crippen LogP contribution is 2.41. The van der Waals surface area contributed by atoms with Gasteiger partial charge in [-0.15, -0.1) is 23.7 Å². The Hall–Kier alpha value is -3.03. The van der Waals surface area contributed by atoms with E-state index in [0.717, 1.165) is 27.4 Å². The van der Waals surface area contributed by atoms with Gasteiger partial charge < -0.3 is 15.7 Å². The fourth-order valence-corrected chi connectivity index (χ4v) is 4.38. The first-order chi connectivity index (χ1) is 15.9. The number of urea groups is 1. The summed E-state index contributed by atoms with van der Waals surface area (Å²) in [5, 5.41) is 27.4. The highest BCUT2D eigenvalue weighted by Gasteiger charge is 2.26. The fourth-order valence-electron chi connectivity index (χ4n) is 3.65. The minimum Gasteiger partial charge on any atom is -0.507 e. The molecule has 0 fully saturated rings. The van der Waals surface area contributed by atoms with Gasteiger partial charge in [0.05, 0.1) is 6.34 Å². The predicted molar refractivity (Wildman–Crippen MR) is 150 cm³/mol.